The summed E-state index contributed by atoms with van der Waals surface area (Å²) in [6.07, 6.45) is 4.68. The van der Waals surface area contributed by atoms with Crippen molar-refractivity contribution >= 4 is 22.9 Å². The zero-order chi connectivity index (χ0) is 8.81. The molecule has 68 valence electrons. The Morgan fingerprint density at radius 2 is 2.42 bits per heavy atom. The Kier molecular flexibility index (Phi) is 4.70. The van der Waals surface area contributed by atoms with E-state index in [0.29, 0.717) is 5.38 Å². The van der Waals surface area contributed by atoms with Gasteiger partial charge in [0.15, 0.2) is 0 Å². The number of alkyl halides is 1. The Morgan fingerprint density at radius 3 is 3.00 bits per heavy atom. The van der Waals surface area contributed by atoms with E-state index in [4.69, 9.17) is 11.6 Å². The molecule has 0 N–H and O–H groups in total. The highest BCUT2D eigenvalue weighted by Crippen LogP contribution is 2.17. The fraction of sp³-hybridized carbons (Fsp3) is 0.600. The van der Waals surface area contributed by atoms with Crippen molar-refractivity contribution in [2.75, 3.05) is 0 Å². The predicted molar refractivity (Wildman–Crippen MR) is 57.2 cm³/mol. The minimum absolute atomic E-state index is 0.337. The van der Waals surface area contributed by atoms with E-state index in [2.05, 4.69) is 24.4 Å². The second-order valence-electron chi connectivity index (χ2n) is 3.02. The third-order valence-corrected chi connectivity index (χ3v) is 3.14. The van der Waals surface area contributed by atoms with Crippen molar-refractivity contribution in [3.8, 4) is 0 Å². The van der Waals surface area contributed by atoms with Crippen LogP contribution in [0.1, 0.15) is 31.1 Å². The number of hydrogen-bond acceptors (Lipinski definition) is 1. The van der Waals surface area contributed by atoms with E-state index in [-0.39, 0.29) is 0 Å². The lowest BCUT2D eigenvalue weighted by molar-refractivity contribution is 0.677. The Morgan fingerprint density at radius 1 is 1.58 bits per heavy atom. The molecule has 1 heterocycles. The lowest BCUT2D eigenvalue weighted by Crippen LogP contribution is -2.01. The molecule has 1 atom stereocenters. The van der Waals surface area contributed by atoms with Crippen LogP contribution in [0.4, 0.5) is 0 Å². The van der Waals surface area contributed by atoms with Crippen molar-refractivity contribution < 1.29 is 0 Å². The van der Waals surface area contributed by atoms with Crippen molar-refractivity contribution in [1.29, 1.82) is 0 Å². The van der Waals surface area contributed by atoms with E-state index in [1.807, 2.05) is 0 Å². The molecule has 12 heavy (non-hydrogen) atoms. The highest BCUT2D eigenvalue weighted by atomic mass is 35.5. The van der Waals surface area contributed by atoms with Crippen LogP contribution >= 0.6 is 22.9 Å². The molecule has 0 saturated carbocycles. The average molecular weight is 203 g/mol. The molecule has 1 rings (SSSR count). The SMILES string of the molecule is CCCCC(Cl)Cc1cccs1. The maximum atomic E-state index is 6.16. The fourth-order valence-electron chi connectivity index (χ4n) is 1.17. The second kappa shape index (κ2) is 5.60. The minimum atomic E-state index is 0.337. The Balaban J connectivity index is 2.22. The van der Waals surface area contributed by atoms with Crippen molar-refractivity contribution in [2.24, 2.45) is 0 Å². The Labute approximate surface area is 83.6 Å². The molecule has 2 heteroatoms. The van der Waals surface area contributed by atoms with Gasteiger partial charge in [0.05, 0.1) is 0 Å². The fourth-order valence-corrected chi connectivity index (χ4v) is 2.37. The largest absolute Gasteiger partial charge is 0.149 e. The quantitative estimate of drug-likeness (QED) is 0.631. The third kappa shape index (κ3) is 3.59. The van der Waals surface area contributed by atoms with Crippen LogP contribution in [0.15, 0.2) is 17.5 Å². The number of hydrogen-bond donors (Lipinski definition) is 0. The van der Waals surface area contributed by atoms with Gasteiger partial charge in [-0.05, 0) is 24.3 Å². The summed E-state index contributed by atoms with van der Waals surface area (Å²) in [6.45, 7) is 2.20. The normalized spacial score (nSPS) is 13.2. The highest BCUT2D eigenvalue weighted by molar-refractivity contribution is 7.09. The van der Waals surface area contributed by atoms with E-state index in [9.17, 15) is 0 Å². The second-order valence-corrected chi connectivity index (χ2v) is 4.67. The first-order valence-corrected chi connectivity index (χ1v) is 5.81. The number of halogens is 1. The summed E-state index contributed by atoms with van der Waals surface area (Å²) < 4.78 is 0. The van der Waals surface area contributed by atoms with Crippen molar-refractivity contribution in [3.63, 3.8) is 0 Å². The molecule has 0 spiro atoms. The Hall–Kier alpha value is -0.0100. The zero-order valence-electron chi connectivity index (χ0n) is 7.42. The van der Waals surface area contributed by atoms with Crippen molar-refractivity contribution in [1.82, 2.24) is 0 Å². The topological polar surface area (TPSA) is 0 Å². The molecule has 1 unspecified atom stereocenters. The van der Waals surface area contributed by atoms with E-state index in [0.717, 1.165) is 12.8 Å². The lowest BCUT2D eigenvalue weighted by atomic mass is 10.1. The van der Waals surface area contributed by atoms with Crippen LogP contribution in [0.25, 0.3) is 0 Å². The van der Waals surface area contributed by atoms with Gasteiger partial charge in [-0.2, -0.15) is 0 Å². The molecule has 1 aromatic rings. The number of thiophene rings is 1. The van der Waals surface area contributed by atoms with Crippen LogP contribution in [0, 0.1) is 0 Å². The summed E-state index contributed by atoms with van der Waals surface area (Å²) in [5.41, 5.74) is 0. The summed E-state index contributed by atoms with van der Waals surface area (Å²) in [4.78, 5) is 1.41. The first-order valence-electron chi connectivity index (χ1n) is 4.49. The Bertz CT molecular complexity index is 194. The molecule has 0 aliphatic rings. The summed E-state index contributed by atoms with van der Waals surface area (Å²) in [7, 11) is 0. The van der Waals surface area contributed by atoms with Crippen molar-refractivity contribution in [2.45, 2.75) is 38.0 Å². The number of rotatable bonds is 5. The maximum absolute atomic E-state index is 6.16. The van der Waals surface area contributed by atoms with Gasteiger partial charge in [0.25, 0.3) is 0 Å². The van der Waals surface area contributed by atoms with Gasteiger partial charge < -0.3 is 0 Å². The molecule has 1 aromatic heterocycles. The lowest BCUT2D eigenvalue weighted by Gasteiger charge is -2.05. The van der Waals surface area contributed by atoms with E-state index < -0.39 is 0 Å². The van der Waals surface area contributed by atoms with E-state index in [1.54, 1.807) is 11.3 Å². The average Bonchev–Trinajstić information content (AvgIpc) is 2.53. The molecule has 0 aliphatic heterocycles. The molecular formula is C10H15ClS. The van der Waals surface area contributed by atoms with Gasteiger partial charge in [0.2, 0.25) is 0 Å². The molecule has 0 bridgehead atoms. The van der Waals surface area contributed by atoms with Crippen LogP contribution in [-0.2, 0) is 6.42 Å². The van der Waals surface area contributed by atoms with E-state index in [1.165, 1.54) is 17.7 Å². The van der Waals surface area contributed by atoms with Gasteiger partial charge in [-0.25, -0.2) is 0 Å². The molecule has 0 amide bonds. The first kappa shape index (κ1) is 10.1. The van der Waals surface area contributed by atoms with Gasteiger partial charge in [-0.1, -0.05) is 25.8 Å². The third-order valence-electron chi connectivity index (χ3n) is 1.87. The van der Waals surface area contributed by atoms with Gasteiger partial charge >= 0.3 is 0 Å². The van der Waals surface area contributed by atoms with Crippen LogP contribution in [0.2, 0.25) is 0 Å². The highest BCUT2D eigenvalue weighted by Gasteiger charge is 2.05. The van der Waals surface area contributed by atoms with Gasteiger partial charge in [-0.3, -0.25) is 0 Å². The predicted octanol–water partition coefficient (Wildman–Crippen LogP) is 4.09. The summed E-state index contributed by atoms with van der Waals surface area (Å²) in [5.74, 6) is 0. The molecule has 0 saturated heterocycles. The molecule has 0 fully saturated rings. The molecule has 0 aliphatic carbocycles. The van der Waals surface area contributed by atoms with Crippen LogP contribution < -0.4 is 0 Å². The first-order chi connectivity index (χ1) is 5.83. The van der Waals surface area contributed by atoms with Crippen LogP contribution in [-0.4, -0.2) is 5.38 Å². The van der Waals surface area contributed by atoms with Crippen LogP contribution in [0.3, 0.4) is 0 Å². The van der Waals surface area contributed by atoms with Gasteiger partial charge in [0.1, 0.15) is 0 Å². The molecule has 0 radical (unpaired) electrons. The maximum Gasteiger partial charge on any atom is 0.0384 e. The monoisotopic (exact) mass is 202 g/mol. The van der Waals surface area contributed by atoms with Gasteiger partial charge in [0, 0.05) is 10.3 Å². The van der Waals surface area contributed by atoms with Gasteiger partial charge in [-0.15, -0.1) is 22.9 Å². The summed E-state index contributed by atoms with van der Waals surface area (Å²) in [6, 6.07) is 4.25. The standard InChI is InChI=1S/C10H15ClS/c1-2-3-5-9(11)8-10-6-4-7-12-10/h4,6-7,9H,2-3,5,8H2,1H3. The summed E-state index contributed by atoms with van der Waals surface area (Å²) >= 11 is 7.96. The minimum Gasteiger partial charge on any atom is -0.149 e. The van der Waals surface area contributed by atoms with Crippen molar-refractivity contribution in [3.05, 3.63) is 22.4 Å². The molecular weight excluding hydrogens is 188 g/mol. The molecule has 0 aromatic carbocycles. The summed E-state index contributed by atoms with van der Waals surface area (Å²) in [5, 5.41) is 2.45. The van der Waals surface area contributed by atoms with Crippen LogP contribution in [0.5, 0.6) is 0 Å². The molecule has 0 nitrogen and oxygen atoms in total. The van der Waals surface area contributed by atoms with E-state index >= 15 is 0 Å². The zero-order valence-corrected chi connectivity index (χ0v) is 9.00. The number of unbranched alkanes of at least 4 members (excludes halogenated alkanes) is 1. The smallest absolute Gasteiger partial charge is 0.0384 e.